The Morgan fingerprint density at radius 3 is 2.29 bits per heavy atom. The number of carbonyl (C=O) groups excluding carboxylic acids is 2. The Bertz CT molecular complexity index is 1100. The Hall–Kier alpha value is -2.94. The van der Waals surface area contributed by atoms with Gasteiger partial charge >= 0.3 is 5.97 Å². The molecule has 34 heavy (non-hydrogen) atoms. The third-order valence-electron chi connectivity index (χ3n) is 5.18. The first-order valence-corrected chi connectivity index (χ1v) is 12.9. The Morgan fingerprint density at radius 1 is 1.09 bits per heavy atom. The Balaban J connectivity index is 2.05. The zero-order chi connectivity index (χ0) is 25.5. The standard InChI is InChI=1S/C25H33FN2O5S/c1-17(20-11-12-22(21(26)14-20)28-34(5,31)32)23(29)27-15-19(13-18-9-7-6-8-10-18)16-33-24(30)25(2,3)4/h6-12,14,17,19,28H,13,15-16H2,1-5H3,(H,27,29)/t17-,19+/m1/s1. The molecule has 0 aromatic heterocycles. The molecule has 1 amide bonds. The van der Waals surface area contributed by atoms with E-state index in [4.69, 9.17) is 4.74 Å². The number of esters is 1. The lowest BCUT2D eigenvalue weighted by Crippen LogP contribution is -2.36. The van der Waals surface area contributed by atoms with Crippen molar-refractivity contribution in [2.45, 2.75) is 40.0 Å². The van der Waals surface area contributed by atoms with Crippen molar-refractivity contribution in [3.63, 3.8) is 0 Å². The van der Waals surface area contributed by atoms with Crippen molar-refractivity contribution in [2.75, 3.05) is 24.1 Å². The fourth-order valence-corrected chi connectivity index (χ4v) is 3.75. The van der Waals surface area contributed by atoms with Crippen LogP contribution in [-0.2, 0) is 30.8 Å². The number of rotatable bonds is 10. The van der Waals surface area contributed by atoms with Gasteiger partial charge in [-0.15, -0.1) is 0 Å². The van der Waals surface area contributed by atoms with Crippen LogP contribution in [0.2, 0.25) is 0 Å². The van der Waals surface area contributed by atoms with Crippen LogP contribution in [0.25, 0.3) is 0 Å². The minimum atomic E-state index is -3.62. The maximum absolute atomic E-state index is 14.3. The first-order valence-electron chi connectivity index (χ1n) is 11.0. The van der Waals surface area contributed by atoms with Crippen molar-refractivity contribution < 1.29 is 27.1 Å². The number of amides is 1. The maximum Gasteiger partial charge on any atom is 0.311 e. The number of halogens is 1. The number of carbonyl (C=O) groups is 2. The normalized spacial score (nSPS) is 13.6. The summed E-state index contributed by atoms with van der Waals surface area (Å²) in [6, 6.07) is 13.6. The Kier molecular flexibility index (Phi) is 9.21. The van der Waals surface area contributed by atoms with Gasteiger partial charge in [-0.1, -0.05) is 36.4 Å². The highest BCUT2D eigenvalue weighted by Crippen LogP contribution is 2.23. The number of benzene rings is 2. The van der Waals surface area contributed by atoms with Gasteiger partial charge in [0.15, 0.2) is 0 Å². The number of sulfonamides is 1. The second kappa shape index (κ2) is 11.5. The van der Waals surface area contributed by atoms with Crippen LogP contribution in [0.1, 0.15) is 44.7 Å². The van der Waals surface area contributed by atoms with Crippen LogP contribution >= 0.6 is 0 Å². The minimum absolute atomic E-state index is 0.150. The molecule has 0 fully saturated rings. The lowest BCUT2D eigenvalue weighted by molar-refractivity contribution is -0.154. The van der Waals surface area contributed by atoms with Gasteiger partial charge in [-0.25, -0.2) is 12.8 Å². The van der Waals surface area contributed by atoms with Crippen LogP contribution < -0.4 is 10.0 Å². The summed E-state index contributed by atoms with van der Waals surface area (Å²) in [5, 5.41) is 2.87. The van der Waals surface area contributed by atoms with Gasteiger partial charge in [-0.2, -0.15) is 0 Å². The topological polar surface area (TPSA) is 102 Å². The molecule has 0 unspecified atom stereocenters. The maximum atomic E-state index is 14.3. The minimum Gasteiger partial charge on any atom is -0.465 e. The summed E-state index contributed by atoms with van der Waals surface area (Å²) >= 11 is 0. The van der Waals surface area contributed by atoms with Crippen LogP contribution in [0, 0.1) is 17.2 Å². The van der Waals surface area contributed by atoms with E-state index >= 15 is 0 Å². The van der Waals surface area contributed by atoms with Crippen LogP contribution in [0.15, 0.2) is 48.5 Å². The van der Waals surface area contributed by atoms with Crippen LogP contribution in [0.3, 0.4) is 0 Å². The van der Waals surface area contributed by atoms with E-state index in [0.717, 1.165) is 17.9 Å². The Labute approximate surface area is 201 Å². The van der Waals surface area contributed by atoms with Gasteiger partial charge in [-0.3, -0.25) is 14.3 Å². The first-order chi connectivity index (χ1) is 15.8. The first kappa shape index (κ1) is 27.3. The summed E-state index contributed by atoms with van der Waals surface area (Å²) in [5.74, 6) is -2.22. The zero-order valence-electron chi connectivity index (χ0n) is 20.2. The van der Waals surface area contributed by atoms with Gasteiger partial charge in [0.1, 0.15) is 5.82 Å². The molecule has 0 spiro atoms. The molecular formula is C25H33FN2O5S. The summed E-state index contributed by atoms with van der Waals surface area (Å²) in [4.78, 5) is 25.0. The largest absolute Gasteiger partial charge is 0.465 e. The molecule has 0 saturated carbocycles. The molecule has 2 aromatic rings. The predicted octanol–water partition coefficient (Wildman–Crippen LogP) is 3.87. The van der Waals surface area contributed by atoms with Gasteiger partial charge < -0.3 is 10.1 Å². The number of nitrogens with one attached hydrogen (secondary N) is 2. The van der Waals surface area contributed by atoms with E-state index in [1.54, 1.807) is 27.7 Å². The average Bonchev–Trinajstić information content (AvgIpc) is 2.75. The number of hydrogen-bond acceptors (Lipinski definition) is 5. The third kappa shape index (κ3) is 8.78. The fourth-order valence-electron chi connectivity index (χ4n) is 3.18. The number of hydrogen-bond donors (Lipinski definition) is 2. The lowest BCUT2D eigenvalue weighted by Gasteiger charge is -2.22. The van der Waals surface area contributed by atoms with Crippen molar-refractivity contribution >= 4 is 27.6 Å². The second-order valence-electron chi connectivity index (χ2n) is 9.48. The molecule has 0 aliphatic heterocycles. The molecule has 2 N–H and O–H groups in total. The predicted molar refractivity (Wildman–Crippen MR) is 130 cm³/mol. The molecule has 7 nitrogen and oxygen atoms in total. The monoisotopic (exact) mass is 492 g/mol. The van der Waals surface area contributed by atoms with E-state index in [-0.39, 0.29) is 36.6 Å². The summed E-state index contributed by atoms with van der Waals surface area (Å²) in [5.41, 5.74) is 0.657. The molecular weight excluding hydrogens is 459 g/mol. The quantitative estimate of drug-likeness (QED) is 0.491. The van der Waals surface area contributed by atoms with Crippen molar-refractivity contribution in [1.29, 1.82) is 0 Å². The molecule has 2 aromatic carbocycles. The van der Waals surface area contributed by atoms with Crippen molar-refractivity contribution in [2.24, 2.45) is 11.3 Å². The third-order valence-corrected chi connectivity index (χ3v) is 5.77. The lowest BCUT2D eigenvalue weighted by atomic mass is 9.96. The molecule has 0 saturated heterocycles. The molecule has 0 heterocycles. The zero-order valence-corrected chi connectivity index (χ0v) is 21.0. The molecule has 0 radical (unpaired) electrons. The fraction of sp³-hybridized carbons (Fsp3) is 0.440. The summed E-state index contributed by atoms with van der Waals surface area (Å²) in [6.07, 6.45) is 1.54. The molecule has 2 rings (SSSR count). The molecule has 0 aliphatic carbocycles. The highest BCUT2D eigenvalue weighted by molar-refractivity contribution is 7.92. The molecule has 9 heteroatoms. The molecule has 186 valence electrons. The van der Waals surface area contributed by atoms with Gasteiger partial charge in [-0.05, 0) is 57.4 Å². The Morgan fingerprint density at radius 2 is 1.74 bits per heavy atom. The smallest absolute Gasteiger partial charge is 0.311 e. The van der Waals surface area contributed by atoms with E-state index in [1.807, 2.05) is 30.3 Å². The van der Waals surface area contributed by atoms with Crippen molar-refractivity contribution in [3.05, 3.63) is 65.5 Å². The van der Waals surface area contributed by atoms with E-state index in [9.17, 15) is 22.4 Å². The number of ether oxygens (including phenoxy) is 1. The van der Waals surface area contributed by atoms with Crippen LogP contribution in [0.4, 0.5) is 10.1 Å². The average molecular weight is 493 g/mol. The molecule has 0 bridgehead atoms. The highest BCUT2D eigenvalue weighted by Gasteiger charge is 2.25. The summed E-state index contributed by atoms with van der Waals surface area (Å²) in [7, 11) is -3.62. The van der Waals surface area contributed by atoms with Gasteiger partial charge in [0.25, 0.3) is 0 Å². The summed E-state index contributed by atoms with van der Waals surface area (Å²) in [6.45, 7) is 7.40. The number of anilines is 1. The van der Waals surface area contributed by atoms with E-state index < -0.39 is 27.2 Å². The van der Waals surface area contributed by atoms with Crippen molar-refractivity contribution in [1.82, 2.24) is 5.32 Å². The van der Waals surface area contributed by atoms with Crippen molar-refractivity contribution in [3.8, 4) is 0 Å². The van der Waals surface area contributed by atoms with E-state index in [2.05, 4.69) is 10.0 Å². The SMILES string of the molecule is C[C@@H](C(=O)NC[C@@H](COC(=O)C(C)(C)C)Cc1ccccc1)c1ccc(NS(C)(=O)=O)c(F)c1. The molecule has 2 atom stereocenters. The van der Waals surface area contributed by atoms with Crippen LogP contribution in [0.5, 0.6) is 0 Å². The van der Waals surface area contributed by atoms with E-state index in [1.165, 1.54) is 12.1 Å². The highest BCUT2D eigenvalue weighted by atomic mass is 32.2. The summed E-state index contributed by atoms with van der Waals surface area (Å²) < 4.78 is 44.6. The van der Waals surface area contributed by atoms with Crippen LogP contribution in [-0.4, -0.2) is 39.7 Å². The van der Waals surface area contributed by atoms with Gasteiger partial charge in [0.2, 0.25) is 15.9 Å². The second-order valence-corrected chi connectivity index (χ2v) is 11.2. The molecule has 0 aliphatic rings. The van der Waals surface area contributed by atoms with E-state index in [0.29, 0.717) is 12.0 Å². The van der Waals surface area contributed by atoms with Gasteiger partial charge in [0.05, 0.1) is 29.9 Å². The van der Waals surface area contributed by atoms with Gasteiger partial charge in [0, 0.05) is 12.5 Å².